The predicted octanol–water partition coefficient (Wildman–Crippen LogP) is 8.30. The number of fused-ring (bicyclic) bond motifs is 7. The summed E-state index contributed by atoms with van der Waals surface area (Å²) in [7, 11) is 0. The van der Waals surface area contributed by atoms with Crippen molar-refractivity contribution in [2.45, 2.75) is 110 Å². The Hall–Kier alpha value is -1.56. The first-order valence-corrected chi connectivity index (χ1v) is 16.7. The van der Waals surface area contributed by atoms with E-state index in [4.69, 9.17) is 25.8 Å². The predicted molar refractivity (Wildman–Crippen MR) is 160 cm³/mol. The lowest BCUT2D eigenvalue weighted by atomic mass is 9.47. The van der Waals surface area contributed by atoms with Crippen molar-refractivity contribution in [3.63, 3.8) is 0 Å². The molecule has 0 unspecified atom stereocenters. The van der Waals surface area contributed by atoms with Gasteiger partial charge in [-0.25, -0.2) is 4.79 Å². The van der Waals surface area contributed by atoms with E-state index in [-0.39, 0.29) is 23.4 Å². The maximum absolute atomic E-state index is 12.6. The zero-order valence-corrected chi connectivity index (χ0v) is 26.1. The Morgan fingerprint density at radius 3 is 2.76 bits per heavy atom. The average Bonchev–Trinajstić information content (AvgIpc) is 3.39. The van der Waals surface area contributed by atoms with Gasteiger partial charge in [0, 0.05) is 30.3 Å². The van der Waals surface area contributed by atoms with Crippen LogP contribution in [0, 0.1) is 46.3 Å². The average molecular weight is 582 g/mol. The van der Waals surface area contributed by atoms with Crippen LogP contribution in [-0.4, -0.2) is 30.7 Å². The van der Waals surface area contributed by atoms with Crippen LogP contribution in [0.2, 0.25) is 5.02 Å². The van der Waals surface area contributed by atoms with Gasteiger partial charge in [-0.3, -0.25) is 0 Å². The van der Waals surface area contributed by atoms with Crippen LogP contribution in [0.3, 0.4) is 0 Å². The van der Waals surface area contributed by atoms with Crippen molar-refractivity contribution < 1.29 is 19.0 Å². The van der Waals surface area contributed by atoms with E-state index in [9.17, 15) is 4.79 Å². The molecule has 4 aliphatic carbocycles. The lowest BCUT2D eigenvalue weighted by molar-refractivity contribution is -0.272. The smallest absolute Gasteiger partial charge is 0.407 e. The zero-order valence-electron chi connectivity index (χ0n) is 25.3. The number of amides is 1. The third-order valence-corrected chi connectivity index (χ3v) is 13.2. The minimum Gasteiger partial charge on any atom is -0.446 e. The fraction of sp³-hybridized carbons (Fsp3) is 0.743. The molecule has 6 heteroatoms. The van der Waals surface area contributed by atoms with Crippen molar-refractivity contribution in [2.75, 3.05) is 6.61 Å². The van der Waals surface area contributed by atoms with E-state index in [1.165, 1.54) is 31.3 Å². The summed E-state index contributed by atoms with van der Waals surface area (Å²) in [5.74, 6) is 3.54. The van der Waals surface area contributed by atoms with Gasteiger partial charge in [-0.1, -0.05) is 63.1 Å². The fourth-order valence-electron chi connectivity index (χ4n) is 10.8. The number of hydrogen-bond donors (Lipinski definition) is 1. The van der Waals surface area contributed by atoms with E-state index in [2.05, 4.69) is 39.1 Å². The topological polar surface area (TPSA) is 56.8 Å². The van der Waals surface area contributed by atoms with Gasteiger partial charge in [-0.2, -0.15) is 0 Å². The SMILES string of the molecule is C[C@@H]1CC[C@@]2(OC1)O[C@H]1C[C@H]3[C@@H]4CC=C5C[C@@H](OC(=O)NCc6cccc(Cl)c6)CC[C@]5(C)[C@H]4CC[C@]3(C)[C@H]1[C@@H]2C. The van der Waals surface area contributed by atoms with Gasteiger partial charge in [-0.15, -0.1) is 0 Å². The summed E-state index contributed by atoms with van der Waals surface area (Å²) in [6, 6.07) is 7.57. The molecule has 1 aromatic carbocycles. The molecule has 2 heterocycles. The summed E-state index contributed by atoms with van der Waals surface area (Å²) in [5, 5.41) is 3.59. The van der Waals surface area contributed by atoms with E-state index in [0.717, 1.165) is 56.1 Å². The van der Waals surface area contributed by atoms with Gasteiger partial charge in [0.05, 0.1) is 12.7 Å². The second-order valence-electron chi connectivity index (χ2n) is 15.0. The minimum atomic E-state index is -0.336. The molecule has 6 aliphatic rings. The lowest BCUT2D eigenvalue weighted by Gasteiger charge is -2.58. The molecule has 2 aliphatic heterocycles. The van der Waals surface area contributed by atoms with Crippen LogP contribution in [0.25, 0.3) is 0 Å². The second kappa shape index (κ2) is 10.3. The molecule has 1 amide bonds. The summed E-state index contributed by atoms with van der Waals surface area (Å²) in [5.41, 5.74) is 3.07. The quantitative estimate of drug-likeness (QED) is 0.365. The number of carbonyl (C=O) groups is 1. The second-order valence-corrected chi connectivity index (χ2v) is 15.5. The van der Waals surface area contributed by atoms with Crippen LogP contribution in [0.1, 0.15) is 91.0 Å². The van der Waals surface area contributed by atoms with E-state index >= 15 is 0 Å². The molecule has 2 saturated heterocycles. The molecule has 224 valence electrons. The molecule has 0 aromatic heterocycles. The van der Waals surface area contributed by atoms with E-state index in [1.807, 2.05) is 24.3 Å². The fourth-order valence-corrected chi connectivity index (χ4v) is 11.0. The number of hydrogen-bond acceptors (Lipinski definition) is 4. The molecular weight excluding hydrogens is 534 g/mol. The van der Waals surface area contributed by atoms with Crippen molar-refractivity contribution in [3.8, 4) is 0 Å². The molecule has 11 atom stereocenters. The van der Waals surface area contributed by atoms with Crippen LogP contribution in [-0.2, 0) is 20.8 Å². The number of rotatable bonds is 3. The summed E-state index contributed by atoms with van der Waals surface area (Å²) in [4.78, 5) is 12.6. The first-order chi connectivity index (χ1) is 19.6. The molecule has 7 rings (SSSR count). The van der Waals surface area contributed by atoms with Crippen LogP contribution < -0.4 is 5.32 Å². The highest BCUT2D eigenvalue weighted by Crippen LogP contribution is 2.70. The van der Waals surface area contributed by atoms with Crippen molar-refractivity contribution in [1.82, 2.24) is 5.32 Å². The monoisotopic (exact) mass is 581 g/mol. The number of alkyl carbamates (subject to hydrolysis) is 1. The summed E-state index contributed by atoms with van der Waals surface area (Å²) in [6.07, 6.45) is 12.7. The normalized spacial score (nSPS) is 46.6. The molecule has 0 bridgehead atoms. The van der Waals surface area contributed by atoms with Gasteiger partial charge < -0.3 is 19.5 Å². The molecule has 41 heavy (non-hydrogen) atoms. The first kappa shape index (κ1) is 28.2. The summed E-state index contributed by atoms with van der Waals surface area (Å²) in [6.45, 7) is 11.1. The molecule has 5 nitrogen and oxygen atoms in total. The number of ether oxygens (including phenoxy) is 3. The van der Waals surface area contributed by atoms with E-state index in [1.54, 1.807) is 0 Å². The lowest BCUT2D eigenvalue weighted by Crippen LogP contribution is -2.52. The highest BCUT2D eigenvalue weighted by Gasteiger charge is 2.68. The van der Waals surface area contributed by atoms with Gasteiger partial charge in [0.1, 0.15) is 6.10 Å². The van der Waals surface area contributed by atoms with E-state index in [0.29, 0.717) is 46.8 Å². The van der Waals surface area contributed by atoms with Crippen molar-refractivity contribution in [1.29, 1.82) is 0 Å². The van der Waals surface area contributed by atoms with Crippen LogP contribution >= 0.6 is 11.6 Å². The Kier molecular flexibility index (Phi) is 7.07. The third-order valence-electron chi connectivity index (χ3n) is 12.9. The standard InChI is InChI=1S/C35H48ClNO4/c1-21-10-15-35(39-20-21)22(2)31-30(41-35)18-29-27-9-8-24-17-26(11-13-33(24,3)28(27)12-14-34(29,31)4)40-32(38)37-19-23-6-5-7-25(36)16-23/h5-8,16,21-22,26-31H,9-15,17-20H2,1-4H3,(H,37,38)/t21-,22+,26+,27-,28+,29+,30+,31+,33+,34+,35-/m1/s1. The number of allylic oxidation sites excluding steroid dienone is 1. The van der Waals surface area contributed by atoms with Gasteiger partial charge in [0.2, 0.25) is 0 Å². The number of halogens is 1. The number of benzene rings is 1. The van der Waals surface area contributed by atoms with Crippen LogP contribution in [0.15, 0.2) is 35.9 Å². The Bertz CT molecular complexity index is 1210. The largest absolute Gasteiger partial charge is 0.446 e. The molecule has 1 aromatic rings. The molecule has 1 N–H and O–H groups in total. The maximum atomic E-state index is 12.6. The molecule has 1 spiro atoms. The van der Waals surface area contributed by atoms with Crippen molar-refractivity contribution in [2.24, 2.45) is 46.3 Å². The van der Waals surface area contributed by atoms with Crippen molar-refractivity contribution in [3.05, 3.63) is 46.5 Å². The molecule has 5 fully saturated rings. The Labute approximate surface area is 251 Å². The summed E-state index contributed by atoms with van der Waals surface area (Å²) >= 11 is 6.08. The van der Waals surface area contributed by atoms with Gasteiger partial charge in [0.15, 0.2) is 5.79 Å². The number of carbonyl (C=O) groups excluding carboxylic acids is 1. The Morgan fingerprint density at radius 1 is 1.12 bits per heavy atom. The van der Waals surface area contributed by atoms with Gasteiger partial charge in [0.25, 0.3) is 0 Å². The molecule has 3 saturated carbocycles. The van der Waals surface area contributed by atoms with Gasteiger partial charge in [-0.05, 0) is 103 Å². The molecule has 0 radical (unpaired) electrons. The minimum absolute atomic E-state index is 0.0476. The summed E-state index contributed by atoms with van der Waals surface area (Å²) < 4.78 is 19.4. The van der Waals surface area contributed by atoms with Crippen molar-refractivity contribution >= 4 is 17.7 Å². The Balaban J connectivity index is 1.01. The third kappa shape index (κ3) is 4.59. The van der Waals surface area contributed by atoms with Crippen LogP contribution in [0.5, 0.6) is 0 Å². The maximum Gasteiger partial charge on any atom is 0.407 e. The zero-order chi connectivity index (χ0) is 28.6. The number of nitrogens with one attached hydrogen (secondary N) is 1. The molecular formula is C35H48ClNO4. The first-order valence-electron chi connectivity index (χ1n) is 16.3. The van der Waals surface area contributed by atoms with Crippen LogP contribution in [0.4, 0.5) is 4.79 Å². The highest BCUT2D eigenvalue weighted by molar-refractivity contribution is 6.30. The van der Waals surface area contributed by atoms with Gasteiger partial charge >= 0.3 is 6.09 Å². The Morgan fingerprint density at radius 2 is 1.98 bits per heavy atom. The van der Waals surface area contributed by atoms with E-state index < -0.39 is 0 Å². The highest BCUT2D eigenvalue weighted by atomic mass is 35.5.